The summed E-state index contributed by atoms with van der Waals surface area (Å²) in [7, 11) is 0. The van der Waals surface area contributed by atoms with Crippen molar-refractivity contribution >= 4 is 11.8 Å². The Bertz CT molecular complexity index is 312. The molecule has 4 heteroatoms. The van der Waals surface area contributed by atoms with Gasteiger partial charge in [0.1, 0.15) is 11.6 Å². The van der Waals surface area contributed by atoms with Crippen LogP contribution in [0.5, 0.6) is 0 Å². The Hall–Kier alpha value is -0.610. The summed E-state index contributed by atoms with van der Waals surface area (Å²) in [5, 5.41) is 0.274. The number of hydrogen-bond donors (Lipinski definition) is 0. The molecule has 1 aliphatic heterocycles. The number of ether oxygens (including phenoxy) is 1. The van der Waals surface area contributed by atoms with E-state index in [1.165, 1.54) is 17.8 Å². The number of benzene rings is 1. The molecule has 0 atom stereocenters. The molecule has 0 unspecified atom stereocenters. The molecule has 13 heavy (non-hydrogen) atoms. The first-order chi connectivity index (χ1) is 6.25. The Labute approximate surface area is 79.1 Å². The van der Waals surface area contributed by atoms with Gasteiger partial charge in [-0.2, -0.15) is 0 Å². The van der Waals surface area contributed by atoms with Crippen molar-refractivity contribution in [2.45, 2.75) is 10.1 Å². The highest BCUT2D eigenvalue weighted by molar-refractivity contribution is 8.00. The summed E-state index contributed by atoms with van der Waals surface area (Å²) in [6.45, 7) is 1.25. The third-order valence-corrected chi connectivity index (χ3v) is 2.97. The van der Waals surface area contributed by atoms with Crippen LogP contribution in [-0.2, 0) is 4.74 Å². The van der Waals surface area contributed by atoms with Crippen molar-refractivity contribution in [3.63, 3.8) is 0 Å². The maximum absolute atomic E-state index is 13.1. The molecule has 0 bridgehead atoms. The van der Waals surface area contributed by atoms with Gasteiger partial charge in [0.25, 0.3) is 0 Å². The molecule has 1 aromatic carbocycles. The van der Waals surface area contributed by atoms with Crippen LogP contribution < -0.4 is 0 Å². The van der Waals surface area contributed by atoms with Crippen LogP contribution in [0.1, 0.15) is 0 Å². The fraction of sp³-hybridized carbons (Fsp3) is 0.333. The van der Waals surface area contributed by atoms with Crippen LogP contribution in [0.2, 0.25) is 0 Å². The van der Waals surface area contributed by atoms with Crippen molar-refractivity contribution < 1.29 is 13.5 Å². The third-order valence-electron chi connectivity index (χ3n) is 1.79. The first kappa shape index (κ1) is 8.97. The Morgan fingerprint density at radius 3 is 2.69 bits per heavy atom. The predicted molar refractivity (Wildman–Crippen MR) is 46.8 cm³/mol. The molecule has 0 aromatic heterocycles. The van der Waals surface area contributed by atoms with E-state index in [-0.39, 0.29) is 11.1 Å². The molecule has 1 saturated heterocycles. The summed E-state index contributed by atoms with van der Waals surface area (Å²) < 4.78 is 30.7. The number of rotatable bonds is 2. The SMILES string of the molecule is Fc1ccc(F)c(SC2COC2)c1. The summed E-state index contributed by atoms with van der Waals surface area (Å²) in [6, 6.07) is 3.49. The second kappa shape index (κ2) is 3.64. The molecule has 1 heterocycles. The van der Waals surface area contributed by atoms with Crippen LogP contribution in [0.4, 0.5) is 8.78 Å². The lowest BCUT2D eigenvalue weighted by atomic mass is 10.3. The minimum absolute atomic E-state index is 0.274. The lowest BCUT2D eigenvalue weighted by Crippen LogP contribution is -2.30. The van der Waals surface area contributed by atoms with Gasteiger partial charge in [0.15, 0.2) is 0 Å². The van der Waals surface area contributed by atoms with E-state index in [0.29, 0.717) is 18.1 Å². The van der Waals surface area contributed by atoms with E-state index in [0.717, 1.165) is 12.1 Å². The van der Waals surface area contributed by atoms with Crippen LogP contribution in [0.3, 0.4) is 0 Å². The van der Waals surface area contributed by atoms with E-state index in [2.05, 4.69) is 0 Å². The largest absolute Gasteiger partial charge is 0.379 e. The summed E-state index contributed by atoms with van der Waals surface area (Å²) >= 11 is 1.33. The summed E-state index contributed by atoms with van der Waals surface area (Å²) in [5.74, 6) is -0.762. The third kappa shape index (κ3) is 2.00. The normalized spacial score (nSPS) is 17.1. The summed E-state index contributed by atoms with van der Waals surface area (Å²) in [6.07, 6.45) is 0. The van der Waals surface area contributed by atoms with Gasteiger partial charge in [-0.25, -0.2) is 8.78 Å². The van der Waals surface area contributed by atoms with Crippen molar-refractivity contribution in [3.05, 3.63) is 29.8 Å². The highest BCUT2D eigenvalue weighted by Crippen LogP contribution is 2.30. The van der Waals surface area contributed by atoms with Crippen molar-refractivity contribution in [1.29, 1.82) is 0 Å². The number of thioether (sulfide) groups is 1. The number of halogens is 2. The Kier molecular flexibility index (Phi) is 2.51. The monoisotopic (exact) mass is 202 g/mol. The van der Waals surface area contributed by atoms with Crippen molar-refractivity contribution in [2.24, 2.45) is 0 Å². The zero-order valence-electron chi connectivity index (χ0n) is 6.80. The van der Waals surface area contributed by atoms with E-state index in [9.17, 15) is 8.78 Å². The average Bonchev–Trinajstić information content (AvgIpc) is 2.03. The van der Waals surface area contributed by atoms with E-state index in [1.54, 1.807) is 0 Å². The fourth-order valence-electron chi connectivity index (χ4n) is 1.03. The molecular formula is C9H8F2OS. The Morgan fingerprint density at radius 2 is 2.08 bits per heavy atom. The average molecular weight is 202 g/mol. The first-order valence-corrected chi connectivity index (χ1v) is 4.83. The summed E-state index contributed by atoms with van der Waals surface area (Å²) in [4.78, 5) is 0.369. The Balaban J connectivity index is 2.13. The second-order valence-corrected chi connectivity index (χ2v) is 4.19. The molecule has 0 aliphatic carbocycles. The molecule has 0 amide bonds. The lowest BCUT2D eigenvalue weighted by Gasteiger charge is -2.25. The quantitative estimate of drug-likeness (QED) is 0.728. The van der Waals surface area contributed by atoms with Gasteiger partial charge >= 0.3 is 0 Å². The van der Waals surface area contributed by atoms with Crippen molar-refractivity contribution in [2.75, 3.05) is 13.2 Å². The van der Waals surface area contributed by atoms with Gasteiger partial charge in [-0.05, 0) is 18.2 Å². The van der Waals surface area contributed by atoms with Crippen molar-refractivity contribution in [1.82, 2.24) is 0 Å². The molecule has 0 saturated carbocycles. The molecule has 0 N–H and O–H groups in total. The fourth-order valence-corrected chi connectivity index (χ4v) is 2.08. The van der Waals surface area contributed by atoms with Gasteiger partial charge in [0, 0.05) is 4.90 Å². The van der Waals surface area contributed by atoms with Gasteiger partial charge in [-0.3, -0.25) is 0 Å². The van der Waals surface area contributed by atoms with Gasteiger partial charge in [0.2, 0.25) is 0 Å². The smallest absolute Gasteiger partial charge is 0.136 e. The van der Waals surface area contributed by atoms with E-state index < -0.39 is 5.82 Å². The van der Waals surface area contributed by atoms with Gasteiger partial charge in [-0.1, -0.05) is 0 Å². The highest BCUT2D eigenvalue weighted by Gasteiger charge is 2.21. The molecule has 0 spiro atoms. The lowest BCUT2D eigenvalue weighted by molar-refractivity contribution is 0.0455. The predicted octanol–water partition coefficient (Wildman–Crippen LogP) is 2.46. The van der Waals surface area contributed by atoms with Crippen LogP contribution in [0.25, 0.3) is 0 Å². The minimum atomic E-state index is -0.399. The van der Waals surface area contributed by atoms with E-state index >= 15 is 0 Å². The van der Waals surface area contributed by atoms with Crippen LogP contribution in [-0.4, -0.2) is 18.5 Å². The Morgan fingerprint density at radius 1 is 1.31 bits per heavy atom. The zero-order valence-corrected chi connectivity index (χ0v) is 7.61. The van der Waals surface area contributed by atoms with Crippen LogP contribution >= 0.6 is 11.8 Å². The van der Waals surface area contributed by atoms with Gasteiger partial charge in [-0.15, -0.1) is 11.8 Å². The molecule has 1 nitrogen and oxygen atoms in total. The highest BCUT2D eigenvalue weighted by atomic mass is 32.2. The van der Waals surface area contributed by atoms with E-state index in [1.807, 2.05) is 0 Å². The standard InChI is InChI=1S/C9H8F2OS/c10-6-1-2-8(11)9(3-6)13-7-4-12-5-7/h1-3,7H,4-5H2. The minimum Gasteiger partial charge on any atom is -0.379 e. The van der Waals surface area contributed by atoms with E-state index in [4.69, 9.17) is 4.74 Å². The molecule has 2 rings (SSSR count). The number of hydrogen-bond acceptors (Lipinski definition) is 2. The second-order valence-electron chi connectivity index (χ2n) is 2.85. The maximum atomic E-state index is 13.1. The zero-order chi connectivity index (χ0) is 9.26. The van der Waals surface area contributed by atoms with Gasteiger partial charge in [0.05, 0.1) is 18.5 Å². The molecule has 1 aliphatic rings. The van der Waals surface area contributed by atoms with Crippen LogP contribution in [0.15, 0.2) is 23.1 Å². The molecular weight excluding hydrogens is 194 g/mol. The molecule has 1 fully saturated rings. The first-order valence-electron chi connectivity index (χ1n) is 3.95. The maximum Gasteiger partial charge on any atom is 0.136 e. The molecule has 70 valence electrons. The molecule has 0 radical (unpaired) electrons. The van der Waals surface area contributed by atoms with Crippen molar-refractivity contribution in [3.8, 4) is 0 Å². The van der Waals surface area contributed by atoms with Crippen LogP contribution in [0, 0.1) is 11.6 Å². The topological polar surface area (TPSA) is 9.23 Å². The molecule has 1 aromatic rings. The summed E-state index contributed by atoms with van der Waals surface area (Å²) in [5.41, 5.74) is 0. The van der Waals surface area contributed by atoms with Gasteiger partial charge < -0.3 is 4.74 Å².